The fourth-order valence-corrected chi connectivity index (χ4v) is 4.21. The Kier molecular flexibility index (Phi) is 5.50. The molecule has 3 aromatic carbocycles. The van der Waals surface area contributed by atoms with Gasteiger partial charge >= 0.3 is 0 Å². The molecule has 0 atom stereocenters. The lowest BCUT2D eigenvalue weighted by molar-refractivity contribution is 0.108. The summed E-state index contributed by atoms with van der Waals surface area (Å²) in [5, 5.41) is 0.585. The van der Waals surface area contributed by atoms with Gasteiger partial charge in [-0.1, -0.05) is 72.8 Å². The quantitative estimate of drug-likeness (QED) is 0.420. The second kappa shape index (κ2) is 8.37. The van der Waals surface area contributed by atoms with Crippen LogP contribution in [0.2, 0.25) is 0 Å². The van der Waals surface area contributed by atoms with E-state index in [0.717, 1.165) is 23.5 Å². The van der Waals surface area contributed by atoms with E-state index in [-0.39, 0.29) is 10.2 Å². The number of para-hydroxylation sites is 2. The van der Waals surface area contributed by atoms with Gasteiger partial charge in [-0.2, -0.15) is 0 Å². The van der Waals surface area contributed by atoms with Gasteiger partial charge in [-0.15, -0.1) is 0 Å². The first-order valence-corrected chi connectivity index (χ1v) is 10.2. The van der Waals surface area contributed by atoms with Crippen molar-refractivity contribution in [2.24, 2.45) is 0 Å². The summed E-state index contributed by atoms with van der Waals surface area (Å²) >= 11 is 1.98. The fraction of sp³-hybridized carbons (Fsp3) is 0. The molecular weight excluding hydrogens is 388 g/mol. The number of hydrogen-bond donors (Lipinski definition) is 0. The molecule has 0 saturated carbocycles. The lowest BCUT2D eigenvalue weighted by Crippen LogP contribution is -2.00. The molecule has 0 N–H and O–H groups in total. The summed E-state index contributed by atoms with van der Waals surface area (Å²) in [5.41, 5.74) is 2.52. The Morgan fingerprint density at radius 1 is 0.536 bits per heavy atom. The van der Waals surface area contributed by atoms with Gasteiger partial charge in [0.1, 0.15) is 10.1 Å². The Hall–Kier alpha value is -2.96. The number of benzene rings is 3. The predicted molar refractivity (Wildman–Crippen MR) is 113 cm³/mol. The fourth-order valence-electron chi connectivity index (χ4n) is 2.54. The van der Waals surface area contributed by atoms with Gasteiger partial charge in [-0.05, 0) is 35.7 Å². The lowest BCUT2D eigenvalue weighted by atomic mass is 10.2. The van der Waals surface area contributed by atoms with Crippen molar-refractivity contribution in [1.29, 1.82) is 0 Å². The topological polar surface area (TPSA) is 59.9 Å². The molecule has 0 bridgehead atoms. The second-order valence-corrected chi connectivity index (χ2v) is 7.76. The summed E-state index contributed by atoms with van der Waals surface area (Å²) in [4.78, 5) is 34.5. The van der Waals surface area contributed by atoms with Crippen LogP contribution in [0.15, 0.2) is 95.0 Å². The zero-order valence-corrected chi connectivity index (χ0v) is 16.2. The summed E-state index contributed by atoms with van der Waals surface area (Å²) in [6.45, 7) is 0. The first kappa shape index (κ1) is 18.4. The van der Waals surface area contributed by atoms with Crippen LogP contribution in [-0.4, -0.2) is 20.2 Å². The Labute approximate surface area is 170 Å². The van der Waals surface area contributed by atoms with Crippen molar-refractivity contribution in [1.82, 2.24) is 9.97 Å². The van der Waals surface area contributed by atoms with Gasteiger partial charge in [-0.3, -0.25) is 9.59 Å². The van der Waals surface area contributed by atoms with Crippen molar-refractivity contribution in [2.45, 2.75) is 10.1 Å². The molecule has 0 unspecified atom stereocenters. The Morgan fingerprint density at radius 2 is 0.893 bits per heavy atom. The van der Waals surface area contributed by atoms with E-state index in [1.54, 1.807) is 24.3 Å². The van der Waals surface area contributed by atoms with E-state index in [1.807, 2.05) is 60.7 Å². The molecule has 6 heteroatoms. The molecule has 28 heavy (non-hydrogen) atoms. The number of thioether (sulfide) groups is 2. The van der Waals surface area contributed by atoms with E-state index in [4.69, 9.17) is 0 Å². The molecule has 4 nitrogen and oxygen atoms in total. The van der Waals surface area contributed by atoms with Gasteiger partial charge < -0.3 is 0 Å². The van der Waals surface area contributed by atoms with Crippen molar-refractivity contribution >= 4 is 44.8 Å². The highest BCUT2D eigenvalue weighted by atomic mass is 32.2. The standard InChI is InChI=1S/C22H14N2O2S2/c25-21(15-9-3-1-4-10-15)27-19-20(24-18-14-8-7-13-17(18)23-19)28-22(26)16-11-5-2-6-12-16/h1-14H. The zero-order chi connectivity index (χ0) is 19.3. The van der Waals surface area contributed by atoms with Crippen LogP contribution in [0.5, 0.6) is 0 Å². The average molecular weight is 403 g/mol. The number of aromatic nitrogens is 2. The van der Waals surface area contributed by atoms with Crippen LogP contribution in [0.3, 0.4) is 0 Å². The molecule has 0 saturated heterocycles. The maximum absolute atomic E-state index is 12.7. The molecule has 0 fully saturated rings. The van der Waals surface area contributed by atoms with E-state index >= 15 is 0 Å². The number of rotatable bonds is 4. The molecule has 0 aliphatic carbocycles. The van der Waals surface area contributed by atoms with Crippen LogP contribution < -0.4 is 0 Å². The Balaban J connectivity index is 1.70. The van der Waals surface area contributed by atoms with Gasteiger partial charge in [0, 0.05) is 11.1 Å². The molecule has 0 spiro atoms. The summed E-state index contributed by atoms with van der Waals surface area (Å²) in [5.74, 6) is 0. The van der Waals surface area contributed by atoms with E-state index in [0.29, 0.717) is 32.2 Å². The van der Waals surface area contributed by atoms with Gasteiger partial charge in [0.2, 0.25) is 10.2 Å². The van der Waals surface area contributed by atoms with Gasteiger partial charge in [0.15, 0.2) is 0 Å². The molecule has 1 heterocycles. The van der Waals surface area contributed by atoms with Gasteiger partial charge in [0.25, 0.3) is 0 Å². The van der Waals surface area contributed by atoms with Crippen molar-refractivity contribution in [3.63, 3.8) is 0 Å². The molecule has 0 amide bonds. The zero-order valence-electron chi connectivity index (χ0n) is 14.6. The molecular formula is C22H14N2O2S2. The first-order valence-electron chi connectivity index (χ1n) is 8.52. The monoisotopic (exact) mass is 402 g/mol. The molecule has 0 aliphatic heterocycles. The summed E-state index contributed by atoms with van der Waals surface area (Å²) in [7, 11) is 0. The van der Waals surface area contributed by atoms with E-state index < -0.39 is 0 Å². The van der Waals surface area contributed by atoms with Crippen LogP contribution in [-0.2, 0) is 0 Å². The van der Waals surface area contributed by atoms with Crippen molar-refractivity contribution in [2.75, 3.05) is 0 Å². The van der Waals surface area contributed by atoms with Crippen LogP contribution in [0, 0.1) is 0 Å². The molecule has 1 aromatic heterocycles. The van der Waals surface area contributed by atoms with Crippen molar-refractivity contribution in [3.05, 3.63) is 96.1 Å². The maximum Gasteiger partial charge on any atom is 0.225 e. The van der Waals surface area contributed by atoms with Gasteiger partial charge in [0.05, 0.1) is 11.0 Å². The minimum atomic E-state index is -0.140. The van der Waals surface area contributed by atoms with Crippen molar-refractivity contribution < 1.29 is 9.59 Å². The normalized spacial score (nSPS) is 10.7. The second-order valence-electron chi connectivity index (χ2n) is 5.83. The summed E-state index contributed by atoms with van der Waals surface area (Å²) in [6, 6.07) is 25.4. The lowest BCUT2D eigenvalue weighted by Gasteiger charge is -2.08. The third-order valence-electron chi connectivity index (χ3n) is 3.91. The average Bonchev–Trinajstić information content (AvgIpc) is 2.75. The van der Waals surface area contributed by atoms with E-state index in [9.17, 15) is 9.59 Å². The highest BCUT2D eigenvalue weighted by Gasteiger charge is 2.19. The largest absolute Gasteiger partial charge is 0.281 e. The molecule has 136 valence electrons. The minimum absolute atomic E-state index is 0.140. The number of carbonyl (C=O) groups is 2. The number of hydrogen-bond acceptors (Lipinski definition) is 6. The van der Waals surface area contributed by atoms with Crippen molar-refractivity contribution in [3.8, 4) is 0 Å². The number of carbonyl (C=O) groups excluding carboxylic acids is 2. The Morgan fingerprint density at radius 3 is 1.29 bits per heavy atom. The first-order chi connectivity index (χ1) is 13.7. The molecule has 0 radical (unpaired) electrons. The van der Waals surface area contributed by atoms with Crippen LogP contribution in [0.25, 0.3) is 11.0 Å². The minimum Gasteiger partial charge on any atom is -0.281 e. The summed E-state index contributed by atoms with van der Waals surface area (Å²) < 4.78 is 0. The Bertz CT molecular complexity index is 1060. The highest BCUT2D eigenvalue weighted by molar-refractivity contribution is 8.16. The third kappa shape index (κ3) is 4.13. The summed E-state index contributed by atoms with van der Waals surface area (Å²) in [6.07, 6.45) is 0. The number of nitrogens with zero attached hydrogens (tertiary/aromatic N) is 2. The van der Waals surface area contributed by atoms with Gasteiger partial charge in [-0.25, -0.2) is 9.97 Å². The SMILES string of the molecule is O=C(Sc1nc2ccccc2nc1SC(=O)c1ccccc1)c1ccccc1. The van der Waals surface area contributed by atoms with E-state index in [2.05, 4.69) is 9.97 Å². The highest BCUT2D eigenvalue weighted by Crippen LogP contribution is 2.33. The molecule has 0 aliphatic rings. The van der Waals surface area contributed by atoms with E-state index in [1.165, 1.54) is 0 Å². The molecule has 4 rings (SSSR count). The maximum atomic E-state index is 12.7. The third-order valence-corrected chi connectivity index (χ3v) is 5.83. The molecule has 4 aromatic rings. The smallest absolute Gasteiger partial charge is 0.225 e. The van der Waals surface area contributed by atoms with Crippen LogP contribution in [0.1, 0.15) is 20.7 Å². The predicted octanol–water partition coefficient (Wildman–Crippen LogP) is 5.49. The van der Waals surface area contributed by atoms with Crippen LogP contribution in [0.4, 0.5) is 0 Å². The number of fused-ring (bicyclic) bond motifs is 1. The van der Waals surface area contributed by atoms with Crippen LogP contribution >= 0.6 is 23.5 Å².